The fourth-order valence-corrected chi connectivity index (χ4v) is 2.93. The Morgan fingerprint density at radius 1 is 1.50 bits per heavy atom. The summed E-state index contributed by atoms with van der Waals surface area (Å²) in [5.41, 5.74) is 7.19. The fourth-order valence-electron chi connectivity index (χ4n) is 1.50. The van der Waals surface area contributed by atoms with Crippen LogP contribution in [0.15, 0.2) is 22.5 Å². The minimum absolute atomic E-state index is 0.1000. The summed E-state index contributed by atoms with van der Waals surface area (Å²) in [6.07, 6.45) is 0. The average molecular weight is 310 g/mol. The van der Waals surface area contributed by atoms with Crippen LogP contribution in [0.2, 0.25) is 0 Å². The third-order valence-corrected chi connectivity index (χ3v) is 4.34. The van der Waals surface area contributed by atoms with E-state index < -0.39 is 0 Å². The molecule has 0 radical (unpaired) electrons. The van der Waals surface area contributed by atoms with E-state index in [0.29, 0.717) is 9.47 Å². The first-order valence-corrected chi connectivity index (χ1v) is 7.55. The van der Waals surface area contributed by atoms with Crippen molar-refractivity contribution in [3.05, 3.63) is 23.8 Å². The van der Waals surface area contributed by atoms with Crippen LogP contribution >= 0.6 is 23.1 Å². The van der Waals surface area contributed by atoms with Gasteiger partial charge >= 0.3 is 0 Å². The number of carbonyl (C=O) groups excluding carboxylic acids is 1. The molecule has 0 unspecified atom stereocenters. The van der Waals surface area contributed by atoms with Crippen LogP contribution < -0.4 is 15.8 Å². The molecule has 1 aromatic carbocycles. The highest BCUT2D eigenvalue weighted by atomic mass is 32.2. The molecule has 0 aliphatic rings. The van der Waals surface area contributed by atoms with Gasteiger partial charge in [-0.25, -0.2) is 0 Å². The smallest absolute Gasteiger partial charge is 0.234 e. The van der Waals surface area contributed by atoms with Crippen LogP contribution in [0, 0.1) is 6.92 Å². The fraction of sp³-hybridized carbons (Fsp3) is 0.250. The van der Waals surface area contributed by atoms with E-state index >= 15 is 0 Å². The average Bonchev–Trinajstić information content (AvgIpc) is 2.84. The molecule has 106 valence electrons. The number of benzene rings is 1. The first kappa shape index (κ1) is 14.6. The number of nitrogens with one attached hydrogen (secondary N) is 1. The zero-order valence-corrected chi connectivity index (χ0v) is 12.7. The largest absolute Gasteiger partial charge is 0.497 e. The number of methoxy groups -OCH3 is 1. The lowest BCUT2D eigenvalue weighted by Gasteiger charge is -2.09. The number of aryl methyl sites for hydroxylation is 1. The Bertz CT molecular complexity index is 615. The molecule has 20 heavy (non-hydrogen) atoms. The third-order valence-electron chi connectivity index (χ3n) is 2.46. The van der Waals surface area contributed by atoms with Crippen LogP contribution in [0.3, 0.4) is 0 Å². The van der Waals surface area contributed by atoms with Gasteiger partial charge in [0.25, 0.3) is 0 Å². The van der Waals surface area contributed by atoms with Crippen LogP contribution in [0.4, 0.5) is 10.8 Å². The van der Waals surface area contributed by atoms with Crippen molar-refractivity contribution in [2.45, 2.75) is 11.3 Å². The van der Waals surface area contributed by atoms with Gasteiger partial charge in [-0.05, 0) is 30.7 Å². The Hall–Kier alpha value is -1.80. The van der Waals surface area contributed by atoms with Crippen molar-refractivity contribution in [1.82, 2.24) is 10.2 Å². The van der Waals surface area contributed by atoms with Crippen LogP contribution in [-0.4, -0.2) is 29.0 Å². The van der Waals surface area contributed by atoms with Gasteiger partial charge in [0.05, 0.1) is 12.9 Å². The van der Waals surface area contributed by atoms with E-state index in [2.05, 4.69) is 15.5 Å². The van der Waals surface area contributed by atoms with Crippen LogP contribution in [0.25, 0.3) is 0 Å². The molecule has 2 aromatic rings. The van der Waals surface area contributed by atoms with E-state index in [0.717, 1.165) is 17.0 Å². The second-order valence-corrected chi connectivity index (χ2v) is 6.16. The predicted molar refractivity (Wildman–Crippen MR) is 81.4 cm³/mol. The number of hydrogen-bond donors (Lipinski definition) is 2. The lowest BCUT2D eigenvalue weighted by molar-refractivity contribution is -0.113. The summed E-state index contributed by atoms with van der Waals surface area (Å²) in [4.78, 5) is 11.9. The number of nitrogens with zero attached hydrogens (tertiary/aromatic N) is 2. The van der Waals surface area contributed by atoms with Crippen molar-refractivity contribution < 1.29 is 9.53 Å². The van der Waals surface area contributed by atoms with Crippen LogP contribution in [0.5, 0.6) is 5.75 Å². The highest BCUT2D eigenvalue weighted by molar-refractivity contribution is 8.01. The monoisotopic (exact) mass is 310 g/mol. The second kappa shape index (κ2) is 6.58. The quantitative estimate of drug-likeness (QED) is 0.823. The number of hydrogen-bond acceptors (Lipinski definition) is 7. The van der Waals surface area contributed by atoms with Gasteiger partial charge in [0.2, 0.25) is 11.0 Å². The van der Waals surface area contributed by atoms with Gasteiger partial charge in [-0.3, -0.25) is 4.79 Å². The molecule has 0 saturated heterocycles. The summed E-state index contributed by atoms with van der Waals surface area (Å²) in [6.45, 7) is 1.91. The number of nitrogens with two attached hydrogens (primary N) is 1. The Labute approximate surface area is 124 Å². The Balaban J connectivity index is 1.91. The lowest BCUT2D eigenvalue weighted by Crippen LogP contribution is -2.14. The zero-order valence-electron chi connectivity index (χ0n) is 11.0. The highest BCUT2D eigenvalue weighted by Crippen LogP contribution is 2.24. The molecule has 3 N–H and O–H groups in total. The molecule has 6 nitrogen and oxygen atoms in total. The summed E-state index contributed by atoms with van der Waals surface area (Å²) in [6, 6.07) is 5.50. The molecule has 1 amide bonds. The van der Waals surface area contributed by atoms with Gasteiger partial charge in [0.15, 0.2) is 4.34 Å². The van der Waals surface area contributed by atoms with Crippen molar-refractivity contribution in [1.29, 1.82) is 0 Å². The molecule has 2 rings (SSSR count). The van der Waals surface area contributed by atoms with Gasteiger partial charge in [0, 0.05) is 5.69 Å². The molecular weight excluding hydrogens is 296 g/mol. The maximum Gasteiger partial charge on any atom is 0.234 e. The van der Waals surface area contributed by atoms with Crippen molar-refractivity contribution in [2.75, 3.05) is 23.9 Å². The number of thioether (sulfide) groups is 1. The lowest BCUT2D eigenvalue weighted by atomic mass is 10.2. The predicted octanol–water partition coefficient (Wildman–Crippen LogP) is 2.17. The molecule has 0 atom stereocenters. The Morgan fingerprint density at radius 2 is 2.30 bits per heavy atom. The van der Waals surface area contributed by atoms with Crippen molar-refractivity contribution in [3.8, 4) is 5.75 Å². The maximum atomic E-state index is 11.9. The van der Waals surface area contributed by atoms with Gasteiger partial charge in [-0.1, -0.05) is 23.1 Å². The minimum atomic E-state index is -0.1000. The molecule has 0 spiro atoms. The Morgan fingerprint density at radius 3 is 2.90 bits per heavy atom. The summed E-state index contributed by atoms with van der Waals surface area (Å²) in [5, 5.41) is 10.8. The van der Waals surface area contributed by atoms with E-state index in [4.69, 9.17) is 10.5 Å². The SMILES string of the molecule is COc1ccc(NC(=O)CSc2nnc(N)s2)c(C)c1. The van der Waals surface area contributed by atoms with Crippen molar-refractivity contribution in [3.63, 3.8) is 0 Å². The number of carbonyl (C=O) groups is 1. The number of rotatable bonds is 5. The summed E-state index contributed by atoms with van der Waals surface area (Å²) >= 11 is 2.58. The van der Waals surface area contributed by atoms with E-state index in [1.165, 1.54) is 23.1 Å². The van der Waals surface area contributed by atoms with E-state index in [-0.39, 0.29) is 11.7 Å². The van der Waals surface area contributed by atoms with Crippen molar-refractivity contribution >= 4 is 39.8 Å². The maximum absolute atomic E-state index is 11.9. The molecule has 0 aliphatic heterocycles. The normalized spacial score (nSPS) is 10.3. The highest BCUT2D eigenvalue weighted by Gasteiger charge is 2.08. The van der Waals surface area contributed by atoms with Crippen LogP contribution in [0.1, 0.15) is 5.56 Å². The summed E-state index contributed by atoms with van der Waals surface area (Å²) in [5.74, 6) is 0.927. The van der Waals surface area contributed by atoms with Crippen molar-refractivity contribution in [2.24, 2.45) is 0 Å². The molecule has 0 aliphatic carbocycles. The third kappa shape index (κ3) is 3.84. The van der Waals surface area contributed by atoms with E-state index in [9.17, 15) is 4.79 Å². The molecule has 1 heterocycles. The number of anilines is 2. The second-order valence-electron chi connectivity index (χ2n) is 3.92. The molecule has 0 saturated carbocycles. The molecule has 0 bridgehead atoms. The van der Waals surface area contributed by atoms with Gasteiger partial charge < -0.3 is 15.8 Å². The number of nitrogen functional groups attached to an aromatic ring is 1. The first-order valence-electron chi connectivity index (χ1n) is 5.75. The molecule has 8 heteroatoms. The molecule has 1 aromatic heterocycles. The molecule has 0 fully saturated rings. The summed E-state index contributed by atoms with van der Waals surface area (Å²) < 4.78 is 5.80. The minimum Gasteiger partial charge on any atom is -0.497 e. The standard InChI is InChI=1S/C12H14N4O2S2/c1-7-5-8(18-2)3-4-9(7)14-10(17)6-19-12-16-15-11(13)20-12/h3-5H,6H2,1-2H3,(H2,13,15)(H,14,17). The van der Waals surface area contributed by atoms with E-state index in [1.807, 2.05) is 19.1 Å². The molecular formula is C12H14N4O2S2. The first-order chi connectivity index (χ1) is 9.58. The van der Waals surface area contributed by atoms with Gasteiger partial charge in [0.1, 0.15) is 5.75 Å². The number of aromatic nitrogens is 2. The number of ether oxygens (including phenoxy) is 1. The topological polar surface area (TPSA) is 90.1 Å². The van der Waals surface area contributed by atoms with E-state index in [1.54, 1.807) is 13.2 Å². The Kier molecular flexibility index (Phi) is 4.80. The van der Waals surface area contributed by atoms with Crippen LogP contribution in [-0.2, 0) is 4.79 Å². The van der Waals surface area contributed by atoms with Gasteiger partial charge in [-0.2, -0.15) is 0 Å². The zero-order chi connectivity index (χ0) is 14.5. The van der Waals surface area contributed by atoms with Gasteiger partial charge in [-0.15, -0.1) is 10.2 Å². The summed E-state index contributed by atoms with van der Waals surface area (Å²) in [7, 11) is 1.61. The number of amides is 1.